The molecule has 1 aromatic rings. The highest BCUT2D eigenvalue weighted by Crippen LogP contribution is 2.27. The summed E-state index contributed by atoms with van der Waals surface area (Å²) in [7, 11) is 0. The summed E-state index contributed by atoms with van der Waals surface area (Å²) in [5, 5.41) is 4.37. The standard InChI is InChI=1S/C14H18N2S/c17-14(15-12-8-9-12)16-10-4-3-6-11-5-1-2-7-13(11)16/h1-2,5,7,12H,3-4,6,8-10H2,(H,15,17). The van der Waals surface area contributed by atoms with Gasteiger partial charge in [0, 0.05) is 18.3 Å². The van der Waals surface area contributed by atoms with Crippen molar-refractivity contribution in [1.29, 1.82) is 0 Å². The van der Waals surface area contributed by atoms with Gasteiger partial charge in [-0.2, -0.15) is 0 Å². The Morgan fingerprint density at radius 3 is 2.88 bits per heavy atom. The number of nitrogens with one attached hydrogen (secondary N) is 1. The predicted octanol–water partition coefficient (Wildman–Crippen LogP) is 2.87. The summed E-state index contributed by atoms with van der Waals surface area (Å²) < 4.78 is 0. The van der Waals surface area contributed by atoms with E-state index in [9.17, 15) is 0 Å². The molecule has 0 aromatic heterocycles. The molecule has 1 saturated carbocycles. The zero-order chi connectivity index (χ0) is 11.7. The van der Waals surface area contributed by atoms with E-state index < -0.39 is 0 Å². The molecule has 0 atom stereocenters. The molecule has 1 aliphatic heterocycles. The van der Waals surface area contributed by atoms with Crippen LogP contribution in [0, 0.1) is 0 Å². The molecule has 90 valence electrons. The molecule has 0 amide bonds. The molecule has 1 heterocycles. The van der Waals surface area contributed by atoms with Gasteiger partial charge in [0.1, 0.15) is 0 Å². The van der Waals surface area contributed by atoms with Gasteiger partial charge in [0.15, 0.2) is 5.11 Å². The Morgan fingerprint density at radius 1 is 1.24 bits per heavy atom. The second kappa shape index (κ2) is 4.65. The van der Waals surface area contributed by atoms with Crippen LogP contribution in [0.4, 0.5) is 5.69 Å². The second-order valence-corrected chi connectivity index (χ2v) is 5.35. The van der Waals surface area contributed by atoms with E-state index in [1.807, 2.05) is 0 Å². The molecule has 1 aromatic carbocycles. The van der Waals surface area contributed by atoms with E-state index in [1.54, 1.807) is 0 Å². The maximum atomic E-state index is 5.54. The van der Waals surface area contributed by atoms with Gasteiger partial charge in [-0.05, 0) is 56.0 Å². The van der Waals surface area contributed by atoms with Crippen molar-refractivity contribution in [3.8, 4) is 0 Å². The summed E-state index contributed by atoms with van der Waals surface area (Å²) in [6, 6.07) is 9.30. The zero-order valence-electron chi connectivity index (χ0n) is 9.98. The van der Waals surface area contributed by atoms with Crippen molar-refractivity contribution in [1.82, 2.24) is 5.32 Å². The van der Waals surface area contributed by atoms with Gasteiger partial charge in [-0.15, -0.1) is 0 Å². The van der Waals surface area contributed by atoms with Crippen LogP contribution >= 0.6 is 12.2 Å². The first-order chi connectivity index (χ1) is 8.34. The van der Waals surface area contributed by atoms with Crippen molar-refractivity contribution < 1.29 is 0 Å². The third-order valence-electron chi connectivity index (χ3n) is 3.51. The quantitative estimate of drug-likeness (QED) is 0.767. The molecule has 1 fully saturated rings. The number of nitrogens with zero attached hydrogens (tertiary/aromatic N) is 1. The van der Waals surface area contributed by atoms with Crippen molar-refractivity contribution in [2.45, 2.75) is 38.1 Å². The molecule has 3 rings (SSSR count). The zero-order valence-corrected chi connectivity index (χ0v) is 10.8. The summed E-state index contributed by atoms with van der Waals surface area (Å²) >= 11 is 5.54. The summed E-state index contributed by atoms with van der Waals surface area (Å²) in [4.78, 5) is 2.29. The number of hydrogen-bond donors (Lipinski definition) is 1. The van der Waals surface area contributed by atoms with Crippen molar-refractivity contribution >= 4 is 23.0 Å². The molecule has 0 radical (unpaired) electrons. The summed E-state index contributed by atoms with van der Waals surface area (Å²) in [6.07, 6.45) is 6.21. The van der Waals surface area contributed by atoms with E-state index in [2.05, 4.69) is 34.5 Å². The lowest BCUT2D eigenvalue weighted by Gasteiger charge is -2.26. The predicted molar refractivity (Wildman–Crippen MR) is 75.5 cm³/mol. The van der Waals surface area contributed by atoms with Gasteiger partial charge in [0.05, 0.1) is 0 Å². The van der Waals surface area contributed by atoms with E-state index in [-0.39, 0.29) is 0 Å². The SMILES string of the molecule is S=C(NC1CC1)N1CCCCc2ccccc21. The minimum atomic E-state index is 0.637. The maximum Gasteiger partial charge on any atom is 0.173 e. The lowest BCUT2D eigenvalue weighted by atomic mass is 10.1. The number of hydrogen-bond acceptors (Lipinski definition) is 1. The molecule has 1 N–H and O–H groups in total. The van der Waals surface area contributed by atoms with Gasteiger partial charge < -0.3 is 10.2 Å². The van der Waals surface area contributed by atoms with Crippen LogP contribution in [0.15, 0.2) is 24.3 Å². The number of fused-ring (bicyclic) bond motifs is 1. The molecule has 3 heteroatoms. The Balaban J connectivity index is 1.85. The molecule has 17 heavy (non-hydrogen) atoms. The van der Waals surface area contributed by atoms with Crippen LogP contribution in [0.25, 0.3) is 0 Å². The fourth-order valence-corrected chi connectivity index (χ4v) is 2.74. The Hall–Kier alpha value is -1.09. The average Bonchev–Trinajstić information content (AvgIpc) is 3.14. The fourth-order valence-electron chi connectivity index (χ4n) is 2.38. The number of anilines is 1. The average molecular weight is 246 g/mol. The van der Waals surface area contributed by atoms with E-state index in [0.717, 1.165) is 11.7 Å². The molecule has 2 aliphatic rings. The third kappa shape index (κ3) is 2.44. The van der Waals surface area contributed by atoms with Crippen LogP contribution in [-0.2, 0) is 6.42 Å². The monoisotopic (exact) mass is 246 g/mol. The Bertz CT molecular complexity index is 426. The third-order valence-corrected chi connectivity index (χ3v) is 3.85. The molecule has 2 nitrogen and oxygen atoms in total. The highest BCUT2D eigenvalue weighted by atomic mass is 32.1. The van der Waals surface area contributed by atoms with Crippen LogP contribution in [0.5, 0.6) is 0 Å². The van der Waals surface area contributed by atoms with Crippen molar-refractivity contribution in [2.75, 3.05) is 11.4 Å². The number of thiocarbonyl (C=S) groups is 1. The Morgan fingerprint density at radius 2 is 2.06 bits per heavy atom. The molecular formula is C14H18N2S. The molecule has 0 bridgehead atoms. The van der Waals surface area contributed by atoms with Gasteiger partial charge in [-0.3, -0.25) is 0 Å². The summed E-state index contributed by atoms with van der Waals surface area (Å²) in [5.74, 6) is 0. The lowest BCUT2D eigenvalue weighted by molar-refractivity contribution is 0.759. The van der Waals surface area contributed by atoms with Crippen molar-refractivity contribution in [3.05, 3.63) is 29.8 Å². The van der Waals surface area contributed by atoms with Gasteiger partial charge in [-0.25, -0.2) is 0 Å². The van der Waals surface area contributed by atoms with Gasteiger partial charge in [0.2, 0.25) is 0 Å². The molecule has 0 saturated heterocycles. The van der Waals surface area contributed by atoms with Gasteiger partial charge in [-0.1, -0.05) is 18.2 Å². The number of rotatable bonds is 1. The van der Waals surface area contributed by atoms with Crippen LogP contribution < -0.4 is 10.2 Å². The molecule has 1 aliphatic carbocycles. The first-order valence-electron chi connectivity index (χ1n) is 6.50. The molecule has 0 unspecified atom stereocenters. The Kier molecular flexibility index (Phi) is 3.02. The minimum Gasteiger partial charge on any atom is -0.360 e. The van der Waals surface area contributed by atoms with E-state index >= 15 is 0 Å². The highest BCUT2D eigenvalue weighted by molar-refractivity contribution is 7.80. The molecular weight excluding hydrogens is 228 g/mol. The number of aryl methyl sites for hydroxylation is 1. The second-order valence-electron chi connectivity index (χ2n) is 4.96. The number of benzene rings is 1. The molecule has 0 spiro atoms. The number of para-hydroxylation sites is 1. The Labute approximate surface area is 108 Å². The fraction of sp³-hybridized carbons (Fsp3) is 0.500. The lowest BCUT2D eigenvalue weighted by Crippen LogP contribution is -2.41. The van der Waals surface area contributed by atoms with E-state index in [0.29, 0.717) is 6.04 Å². The summed E-state index contributed by atoms with van der Waals surface area (Å²) in [5.41, 5.74) is 2.74. The van der Waals surface area contributed by atoms with Crippen LogP contribution in [0.2, 0.25) is 0 Å². The topological polar surface area (TPSA) is 15.3 Å². The van der Waals surface area contributed by atoms with E-state index in [1.165, 1.54) is 43.4 Å². The van der Waals surface area contributed by atoms with Crippen LogP contribution in [0.3, 0.4) is 0 Å². The first-order valence-corrected chi connectivity index (χ1v) is 6.91. The van der Waals surface area contributed by atoms with Crippen LogP contribution in [-0.4, -0.2) is 17.7 Å². The maximum absolute atomic E-state index is 5.54. The normalized spacial score (nSPS) is 19.4. The minimum absolute atomic E-state index is 0.637. The smallest absolute Gasteiger partial charge is 0.173 e. The van der Waals surface area contributed by atoms with Crippen molar-refractivity contribution in [3.63, 3.8) is 0 Å². The highest BCUT2D eigenvalue weighted by Gasteiger charge is 2.25. The van der Waals surface area contributed by atoms with Crippen LogP contribution in [0.1, 0.15) is 31.2 Å². The van der Waals surface area contributed by atoms with Crippen molar-refractivity contribution in [2.24, 2.45) is 0 Å². The van der Waals surface area contributed by atoms with E-state index in [4.69, 9.17) is 12.2 Å². The van der Waals surface area contributed by atoms with Gasteiger partial charge in [0.25, 0.3) is 0 Å². The first kappa shape index (κ1) is 11.0. The largest absolute Gasteiger partial charge is 0.360 e. The summed E-state index contributed by atoms with van der Waals surface area (Å²) in [6.45, 7) is 1.05. The van der Waals surface area contributed by atoms with Gasteiger partial charge >= 0.3 is 0 Å².